The van der Waals surface area contributed by atoms with Gasteiger partial charge in [0.1, 0.15) is 0 Å². The molecule has 1 aliphatic heterocycles. The summed E-state index contributed by atoms with van der Waals surface area (Å²) in [6, 6.07) is 9.23. The third-order valence-electron chi connectivity index (χ3n) is 4.34. The van der Waals surface area contributed by atoms with Gasteiger partial charge in [-0.2, -0.15) is 4.99 Å². The molecule has 2 aromatic carbocycles. The molecule has 0 N–H and O–H groups in total. The molecule has 144 valence electrons. The van der Waals surface area contributed by atoms with Gasteiger partial charge in [0.15, 0.2) is 27.8 Å². The summed E-state index contributed by atoms with van der Waals surface area (Å²) >= 11 is 1.42. The number of carbonyl (C=O) groups is 1. The Morgan fingerprint density at radius 2 is 1.89 bits per heavy atom. The van der Waals surface area contributed by atoms with Crippen LogP contribution in [0.3, 0.4) is 0 Å². The molecule has 1 aromatic heterocycles. The van der Waals surface area contributed by atoms with Gasteiger partial charge in [-0.1, -0.05) is 17.4 Å². The largest absolute Gasteiger partial charge is 0.493 e. The lowest BCUT2D eigenvalue weighted by Gasteiger charge is -2.07. The van der Waals surface area contributed by atoms with Crippen LogP contribution < -0.4 is 23.7 Å². The highest BCUT2D eigenvalue weighted by molar-refractivity contribution is 7.16. The van der Waals surface area contributed by atoms with Crippen molar-refractivity contribution in [3.05, 3.63) is 46.8 Å². The summed E-state index contributed by atoms with van der Waals surface area (Å²) in [5.74, 6) is 2.29. The van der Waals surface area contributed by atoms with Gasteiger partial charge in [0.05, 0.1) is 24.4 Å². The molecule has 0 saturated carbocycles. The van der Waals surface area contributed by atoms with Gasteiger partial charge in [-0.05, 0) is 23.8 Å². The van der Waals surface area contributed by atoms with Crippen LogP contribution in [0.5, 0.6) is 23.0 Å². The lowest BCUT2D eigenvalue weighted by molar-refractivity contribution is -0.113. The molecule has 7 nitrogen and oxygen atoms in total. The fourth-order valence-electron chi connectivity index (χ4n) is 2.88. The topological polar surface area (TPSA) is 71.3 Å². The average molecular weight is 398 g/mol. The van der Waals surface area contributed by atoms with Crippen molar-refractivity contribution in [3.8, 4) is 23.0 Å². The molecule has 28 heavy (non-hydrogen) atoms. The van der Waals surface area contributed by atoms with Crippen LogP contribution in [-0.2, 0) is 11.8 Å². The zero-order valence-electron chi connectivity index (χ0n) is 15.6. The van der Waals surface area contributed by atoms with Crippen LogP contribution in [0.15, 0.2) is 41.4 Å². The van der Waals surface area contributed by atoms with Crippen LogP contribution >= 0.6 is 11.3 Å². The maximum absolute atomic E-state index is 12.3. The first-order valence-electron chi connectivity index (χ1n) is 8.47. The number of ether oxygens (including phenoxy) is 4. The van der Waals surface area contributed by atoms with Crippen molar-refractivity contribution in [2.75, 3.05) is 21.0 Å². The zero-order chi connectivity index (χ0) is 19.7. The van der Waals surface area contributed by atoms with Crippen molar-refractivity contribution in [1.29, 1.82) is 0 Å². The van der Waals surface area contributed by atoms with Crippen molar-refractivity contribution in [1.82, 2.24) is 4.57 Å². The Balaban J connectivity index is 1.61. The zero-order valence-corrected chi connectivity index (χ0v) is 16.4. The second-order valence-electron chi connectivity index (χ2n) is 6.01. The number of hydrogen-bond acceptors (Lipinski definition) is 6. The number of nitrogens with zero attached hydrogens (tertiary/aromatic N) is 2. The van der Waals surface area contributed by atoms with E-state index >= 15 is 0 Å². The Hall–Kier alpha value is -3.26. The Bertz CT molecular complexity index is 1160. The third-order valence-corrected chi connectivity index (χ3v) is 5.43. The maximum Gasteiger partial charge on any atom is 0.272 e. The molecule has 3 aromatic rings. The van der Waals surface area contributed by atoms with Gasteiger partial charge < -0.3 is 23.5 Å². The lowest BCUT2D eigenvalue weighted by atomic mass is 10.2. The number of aromatic nitrogens is 1. The molecule has 2 heterocycles. The molecule has 4 rings (SSSR count). The van der Waals surface area contributed by atoms with Gasteiger partial charge >= 0.3 is 0 Å². The number of amides is 1. The van der Waals surface area contributed by atoms with Crippen LogP contribution in [0.25, 0.3) is 16.3 Å². The molecule has 0 saturated heterocycles. The molecular formula is C20H18N2O5S. The van der Waals surface area contributed by atoms with Crippen molar-refractivity contribution in [2.45, 2.75) is 0 Å². The standard InChI is InChI=1S/C20H18N2O5S/c1-22-13-9-16-17(27-11-26-16)10-18(13)28-20(22)21-19(23)7-5-12-4-6-14(24-2)15(8-12)25-3/h4-10H,11H2,1-3H3/b7-5-,21-20?. The Labute approximate surface area is 165 Å². The number of carbonyl (C=O) groups excluding carboxylic acids is 1. The molecule has 1 aliphatic rings. The van der Waals surface area contributed by atoms with E-state index in [1.54, 1.807) is 32.4 Å². The van der Waals surface area contributed by atoms with Crippen molar-refractivity contribution in [2.24, 2.45) is 12.0 Å². The Kier molecular flexibility index (Phi) is 4.79. The highest BCUT2D eigenvalue weighted by Gasteiger charge is 2.16. The number of hydrogen-bond donors (Lipinski definition) is 0. The minimum atomic E-state index is -0.350. The van der Waals surface area contributed by atoms with Crippen LogP contribution in [-0.4, -0.2) is 31.5 Å². The fourth-order valence-corrected chi connectivity index (χ4v) is 3.91. The van der Waals surface area contributed by atoms with Gasteiger partial charge in [-0.25, -0.2) is 0 Å². The monoisotopic (exact) mass is 398 g/mol. The molecule has 0 unspecified atom stereocenters. The van der Waals surface area contributed by atoms with Crippen LogP contribution in [0, 0.1) is 0 Å². The molecule has 0 spiro atoms. The first-order chi connectivity index (χ1) is 13.6. The van der Waals surface area contributed by atoms with Gasteiger partial charge in [0.25, 0.3) is 5.91 Å². The number of methoxy groups -OCH3 is 2. The normalized spacial score (nSPS) is 13.5. The highest BCUT2D eigenvalue weighted by Crippen LogP contribution is 2.36. The van der Waals surface area contributed by atoms with Crippen molar-refractivity contribution in [3.63, 3.8) is 0 Å². The SMILES string of the molecule is COc1ccc(/C=C\C(=O)N=c2sc3cc4c(cc3n2C)OCO4)cc1OC. The summed E-state index contributed by atoms with van der Waals surface area (Å²) < 4.78 is 24.1. The molecule has 8 heteroatoms. The second-order valence-corrected chi connectivity index (χ2v) is 7.02. The van der Waals surface area contributed by atoms with Gasteiger partial charge in [0.2, 0.25) is 6.79 Å². The van der Waals surface area contributed by atoms with Gasteiger partial charge in [-0.15, -0.1) is 0 Å². The van der Waals surface area contributed by atoms with Crippen molar-refractivity contribution >= 4 is 33.5 Å². The quantitative estimate of drug-likeness (QED) is 0.632. The summed E-state index contributed by atoms with van der Waals surface area (Å²) in [7, 11) is 5.01. The molecule has 0 atom stereocenters. The summed E-state index contributed by atoms with van der Waals surface area (Å²) in [4.78, 5) is 17.1. The minimum absolute atomic E-state index is 0.229. The van der Waals surface area contributed by atoms with Crippen LogP contribution in [0.4, 0.5) is 0 Å². The molecule has 0 radical (unpaired) electrons. The Morgan fingerprint density at radius 1 is 1.14 bits per heavy atom. The van der Waals surface area contributed by atoms with E-state index in [9.17, 15) is 4.79 Å². The second kappa shape index (κ2) is 7.40. The molecule has 0 bridgehead atoms. The summed E-state index contributed by atoms with van der Waals surface area (Å²) in [6.45, 7) is 0.229. The van der Waals surface area contributed by atoms with E-state index in [0.29, 0.717) is 27.8 Å². The molecule has 0 fully saturated rings. The number of aryl methyl sites for hydroxylation is 1. The van der Waals surface area contributed by atoms with E-state index < -0.39 is 0 Å². The summed E-state index contributed by atoms with van der Waals surface area (Å²) in [5.41, 5.74) is 1.75. The first kappa shape index (κ1) is 18.1. The molecule has 1 amide bonds. The highest BCUT2D eigenvalue weighted by atomic mass is 32.1. The number of benzene rings is 2. The van der Waals surface area contributed by atoms with Crippen molar-refractivity contribution < 1.29 is 23.7 Å². The average Bonchev–Trinajstić information content (AvgIpc) is 3.28. The Morgan fingerprint density at radius 3 is 2.64 bits per heavy atom. The molecular weight excluding hydrogens is 380 g/mol. The molecule has 0 aliphatic carbocycles. The van der Waals surface area contributed by atoms with E-state index in [2.05, 4.69) is 4.99 Å². The van der Waals surface area contributed by atoms with Gasteiger partial charge in [-0.3, -0.25) is 4.79 Å². The lowest BCUT2D eigenvalue weighted by Crippen LogP contribution is -2.12. The fraction of sp³-hybridized carbons (Fsp3) is 0.200. The van der Waals surface area contributed by atoms with E-state index in [0.717, 1.165) is 15.8 Å². The first-order valence-corrected chi connectivity index (χ1v) is 9.28. The minimum Gasteiger partial charge on any atom is -0.493 e. The van der Waals surface area contributed by atoms with E-state index in [1.807, 2.05) is 29.8 Å². The maximum atomic E-state index is 12.3. The third kappa shape index (κ3) is 3.34. The smallest absolute Gasteiger partial charge is 0.272 e. The predicted octanol–water partition coefficient (Wildman–Crippen LogP) is 3.13. The van der Waals surface area contributed by atoms with E-state index in [4.69, 9.17) is 18.9 Å². The predicted molar refractivity (Wildman–Crippen MR) is 106 cm³/mol. The number of rotatable bonds is 4. The van der Waals surface area contributed by atoms with E-state index in [1.165, 1.54) is 17.4 Å². The number of fused-ring (bicyclic) bond motifs is 2. The number of thiazole rings is 1. The van der Waals surface area contributed by atoms with Crippen LogP contribution in [0.1, 0.15) is 5.56 Å². The van der Waals surface area contributed by atoms with Crippen LogP contribution in [0.2, 0.25) is 0 Å². The van der Waals surface area contributed by atoms with Gasteiger partial charge in [0, 0.05) is 25.3 Å². The van der Waals surface area contributed by atoms with E-state index in [-0.39, 0.29) is 12.7 Å². The summed E-state index contributed by atoms with van der Waals surface area (Å²) in [6.07, 6.45) is 3.12. The summed E-state index contributed by atoms with van der Waals surface area (Å²) in [5, 5.41) is 0.